The summed E-state index contributed by atoms with van der Waals surface area (Å²) >= 11 is 6.61. The van der Waals surface area contributed by atoms with Crippen LogP contribution in [0.25, 0.3) is 39.0 Å². The topological polar surface area (TPSA) is 114 Å². The zero-order valence-corrected chi connectivity index (χ0v) is 28.4. The maximum Gasteiger partial charge on any atom is 0.319 e. The summed E-state index contributed by atoms with van der Waals surface area (Å²) in [5.74, 6) is 0.575. The van der Waals surface area contributed by atoms with Gasteiger partial charge in [0.05, 0.1) is 10.9 Å². The lowest BCUT2D eigenvalue weighted by Gasteiger charge is -2.40. The Kier molecular flexibility index (Phi) is 8.34. The number of rotatable bonds is 9. The molecule has 50 heavy (non-hydrogen) atoms. The summed E-state index contributed by atoms with van der Waals surface area (Å²) in [4.78, 5) is 36.5. The third-order valence-corrected chi connectivity index (χ3v) is 10.4. The third kappa shape index (κ3) is 5.91. The maximum atomic E-state index is 16.7. The highest BCUT2D eigenvalue weighted by Gasteiger charge is 2.49. The number of ether oxygens (including phenoxy) is 1. The first-order valence-corrected chi connectivity index (χ1v) is 17.1. The maximum absolute atomic E-state index is 16.7. The van der Waals surface area contributed by atoms with Crippen molar-refractivity contribution in [3.05, 3.63) is 71.2 Å². The monoisotopic (exact) mass is 700 g/mol. The van der Waals surface area contributed by atoms with Crippen LogP contribution >= 0.6 is 11.6 Å². The van der Waals surface area contributed by atoms with Crippen molar-refractivity contribution in [1.29, 1.82) is 0 Å². The second kappa shape index (κ2) is 12.9. The van der Waals surface area contributed by atoms with E-state index in [2.05, 4.69) is 25.0 Å². The highest BCUT2D eigenvalue weighted by atomic mass is 35.5. The molecular formula is C36H35ClF2N8O3. The van der Waals surface area contributed by atoms with Crippen LogP contribution in [0.15, 0.2) is 53.2 Å². The van der Waals surface area contributed by atoms with Crippen LogP contribution in [0.2, 0.25) is 5.02 Å². The Morgan fingerprint density at radius 3 is 2.80 bits per heavy atom. The summed E-state index contributed by atoms with van der Waals surface area (Å²) in [7, 11) is 1.87. The first kappa shape index (κ1) is 32.5. The van der Waals surface area contributed by atoms with E-state index in [0.29, 0.717) is 65.6 Å². The minimum Gasteiger partial charge on any atom is -0.461 e. The number of hydrogen-bond donors (Lipinski definition) is 0. The number of carbonyl (C=O) groups is 1. The number of carbonyl (C=O) groups excluding carboxylic acids is 1. The van der Waals surface area contributed by atoms with E-state index in [1.807, 2.05) is 36.2 Å². The van der Waals surface area contributed by atoms with Crippen LogP contribution in [0, 0.1) is 18.7 Å². The molecule has 6 heterocycles. The number of pyridine rings is 1. The number of alkyl halides is 1. The van der Waals surface area contributed by atoms with Gasteiger partial charge in [-0.3, -0.25) is 14.7 Å². The van der Waals surface area contributed by atoms with E-state index in [9.17, 15) is 9.18 Å². The minimum atomic E-state index is -0.913. The van der Waals surface area contributed by atoms with Crippen molar-refractivity contribution in [2.45, 2.75) is 37.9 Å². The average molecular weight is 701 g/mol. The van der Waals surface area contributed by atoms with Gasteiger partial charge in [-0.15, -0.1) is 0 Å². The summed E-state index contributed by atoms with van der Waals surface area (Å²) in [5.41, 5.74) is 0.298. The molecule has 3 aliphatic rings. The van der Waals surface area contributed by atoms with Gasteiger partial charge < -0.3 is 19.1 Å². The van der Waals surface area contributed by atoms with Crippen LogP contribution in [0.1, 0.15) is 31.0 Å². The molecule has 3 saturated heterocycles. The highest BCUT2D eigenvalue weighted by Crippen LogP contribution is 2.41. The van der Waals surface area contributed by atoms with Gasteiger partial charge in [-0.1, -0.05) is 47.1 Å². The van der Waals surface area contributed by atoms with Crippen LogP contribution in [-0.4, -0.2) is 98.9 Å². The van der Waals surface area contributed by atoms with Crippen LogP contribution in [0.4, 0.5) is 14.6 Å². The number of halogens is 3. The highest BCUT2D eigenvalue weighted by molar-refractivity contribution is 6.36. The van der Waals surface area contributed by atoms with Gasteiger partial charge in [0.1, 0.15) is 29.8 Å². The van der Waals surface area contributed by atoms with Gasteiger partial charge in [-0.2, -0.15) is 15.0 Å². The van der Waals surface area contributed by atoms with E-state index in [0.717, 1.165) is 24.8 Å². The number of anilines is 1. The molecule has 0 N–H and O–H groups in total. The minimum absolute atomic E-state index is 0.0155. The molecule has 3 aromatic heterocycles. The Balaban J connectivity index is 1.09. The average Bonchev–Trinajstić information content (AvgIpc) is 3.77. The molecule has 0 radical (unpaired) electrons. The van der Waals surface area contributed by atoms with Crippen LogP contribution in [-0.2, 0) is 4.79 Å². The molecule has 8 rings (SSSR count). The van der Waals surface area contributed by atoms with E-state index in [4.69, 9.17) is 25.8 Å². The van der Waals surface area contributed by atoms with Gasteiger partial charge in [0.15, 0.2) is 11.6 Å². The largest absolute Gasteiger partial charge is 0.461 e. The summed E-state index contributed by atoms with van der Waals surface area (Å²) in [6.07, 6.45) is 5.77. The number of likely N-dealkylation sites (tertiary alicyclic amines) is 1. The fraction of sp³-hybridized carbons (Fsp3) is 0.389. The van der Waals surface area contributed by atoms with Gasteiger partial charge >= 0.3 is 6.01 Å². The second-order valence-corrected chi connectivity index (χ2v) is 13.9. The fourth-order valence-corrected chi connectivity index (χ4v) is 7.96. The number of aryl methyl sites for hydroxylation is 1. The summed E-state index contributed by atoms with van der Waals surface area (Å²) in [5, 5.41) is 6.19. The summed E-state index contributed by atoms with van der Waals surface area (Å²) < 4.78 is 42.5. The van der Waals surface area contributed by atoms with E-state index in [-0.39, 0.29) is 41.5 Å². The van der Waals surface area contributed by atoms with Gasteiger partial charge in [0.25, 0.3) is 5.89 Å². The normalized spacial score (nSPS) is 21.0. The van der Waals surface area contributed by atoms with Gasteiger partial charge in [0.2, 0.25) is 5.91 Å². The van der Waals surface area contributed by atoms with Crippen molar-refractivity contribution in [3.8, 4) is 17.3 Å². The summed E-state index contributed by atoms with van der Waals surface area (Å²) in [6, 6.07) is 11.1. The molecular weight excluding hydrogens is 666 g/mol. The van der Waals surface area contributed by atoms with E-state index in [1.54, 1.807) is 30.2 Å². The van der Waals surface area contributed by atoms with Crippen molar-refractivity contribution >= 4 is 51.1 Å². The van der Waals surface area contributed by atoms with E-state index < -0.39 is 17.5 Å². The van der Waals surface area contributed by atoms with Crippen molar-refractivity contribution in [2.75, 3.05) is 51.3 Å². The molecule has 0 saturated carbocycles. The molecule has 14 heteroatoms. The van der Waals surface area contributed by atoms with Crippen molar-refractivity contribution < 1.29 is 22.8 Å². The molecule has 3 aliphatic heterocycles. The molecule has 0 bridgehead atoms. The smallest absolute Gasteiger partial charge is 0.319 e. The number of nitrogens with zero attached hydrogens (tertiary/aromatic N) is 8. The number of fused-ring (bicyclic) bond motifs is 3. The van der Waals surface area contributed by atoms with Crippen LogP contribution < -0.4 is 9.64 Å². The number of amides is 1. The molecule has 258 valence electrons. The number of hydrogen-bond acceptors (Lipinski definition) is 10. The Bertz CT molecular complexity index is 2130. The van der Waals surface area contributed by atoms with Crippen molar-refractivity contribution in [3.63, 3.8) is 0 Å². The van der Waals surface area contributed by atoms with E-state index >= 15 is 4.39 Å². The van der Waals surface area contributed by atoms with Crippen molar-refractivity contribution in [1.82, 2.24) is 34.9 Å². The van der Waals surface area contributed by atoms with Gasteiger partial charge in [-0.05, 0) is 37.8 Å². The van der Waals surface area contributed by atoms with Crippen molar-refractivity contribution in [2.24, 2.45) is 5.92 Å². The number of benzene rings is 2. The number of aromatic nitrogens is 5. The van der Waals surface area contributed by atoms with Crippen LogP contribution in [0.3, 0.4) is 0 Å². The standard InChI is InChI=1S/C36H35ClF2N8O3/c1-21-41-28(50-44-21)10-11-29(48)46-17-22(18-46)16-45(2)34-26-15-40-32(25-8-3-6-23-7-4-9-27(37)30(23)25)31(39)33(26)42-35(43-34)49-20-36-12-5-13-47(36)19-24(38)14-36/h3-4,6-11,15,22,24H,5,12-14,16-20H2,1-2H3/b11-10+/t24-,36+/m1/s1. The molecule has 3 fully saturated rings. The third-order valence-electron chi connectivity index (χ3n) is 10.1. The predicted molar refractivity (Wildman–Crippen MR) is 185 cm³/mol. The Labute approximate surface area is 291 Å². The SMILES string of the molecule is Cc1noc(/C=C/C(=O)N2CC(CN(C)c3nc(OC[C@@]45CCCN4C[C@H](F)C5)nc4c(F)c(-c5cccc6cccc(Cl)c56)ncc34)C2)n1. The molecule has 1 amide bonds. The zero-order valence-electron chi connectivity index (χ0n) is 27.7. The Hall–Kier alpha value is -4.75. The molecule has 0 spiro atoms. The van der Waals surface area contributed by atoms with Crippen LogP contribution in [0.5, 0.6) is 6.01 Å². The lowest BCUT2D eigenvalue weighted by molar-refractivity contribution is -0.131. The second-order valence-electron chi connectivity index (χ2n) is 13.5. The lowest BCUT2D eigenvalue weighted by Crippen LogP contribution is -2.53. The molecule has 2 atom stereocenters. The molecule has 0 aliphatic carbocycles. The molecule has 5 aromatic rings. The molecule has 11 nitrogen and oxygen atoms in total. The Morgan fingerprint density at radius 2 is 2.00 bits per heavy atom. The molecule has 0 unspecified atom stereocenters. The van der Waals surface area contributed by atoms with E-state index in [1.165, 1.54) is 12.2 Å². The lowest BCUT2D eigenvalue weighted by atomic mass is 9.95. The van der Waals surface area contributed by atoms with Gasteiger partial charge in [-0.25, -0.2) is 8.78 Å². The molecule has 2 aromatic carbocycles. The first-order chi connectivity index (χ1) is 24.2. The predicted octanol–water partition coefficient (Wildman–Crippen LogP) is 5.89. The summed E-state index contributed by atoms with van der Waals surface area (Å²) in [6.45, 7) is 4.72. The Morgan fingerprint density at radius 1 is 1.18 bits per heavy atom. The van der Waals surface area contributed by atoms with Gasteiger partial charge in [0, 0.05) is 79.9 Å². The fourth-order valence-electron chi connectivity index (χ4n) is 7.67. The zero-order chi connectivity index (χ0) is 34.6. The first-order valence-electron chi connectivity index (χ1n) is 16.7. The quantitative estimate of drug-likeness (QED) is 0.173.